The molecule has 0 aliphatic carbocycles. The Hall–Kier alpha value is -1.02. The van der Waals surface area contributed by atoms with E-state index in [1.165, 1.54) is 7.11 Å². The topological polar surface area (TPSA) is 245 Å². The van der Waals surface area contributed by atoms with Crippen LogP contribution in [0.3, 0.4) is 0 Å². The maximum atomic E-state index is 11.2. The number of rotatable bonds is 7. The standard InChI is InChI=1S/C13H23NO14S/c1-24-12-4(14)5(16)8(3(2-15)25-12)26-13-10(28-29(21,22)23)7(18)6(17)9(27-13)11(19)20/h3-10,12-13,15-18H,2,14H2,1H3,(H,19,20)(H,21,22,23)/t3-,4-,5-,6+,7+,8-,9-,10-,12+,13-/m1/s1. The first kappa shape index (κ1) is 24.3. The van der Waals surface area contributed by atoms with Crippen LogP contribution in [0.2, 0.25) is 0 Å². The first-order valence-electron chi connectivity index (χ1n) is 8.19. The zero-order valence-electron chi connectivity index (χ0n) is 14.9. The number of hydrogen-bond donors (Lipinski definition) is 7. The van der Waals surface area contributed by atoms with Crippen molar-refractivity contribution < 1.29 is 66.4 Å². The molecule has 0 amide bonds. The minimum absolute atomic E-state index is 0.738. The van der Waals surface area contributed by atoms with E-state index in [9.17, 15) is 33.6 Å². The molecule has 2 heterocycles. The molecule has 8 N–H and O–H groups in total. The van der Waals surface area contributed by atoms with Gasteiger partial charge in [0.15, 0.2) is 24.8 Å². The smallest absolute Gasteiger partial charge is 0.397 e. The normalized spacial score (nSPS) is 43.8. The molecule has 0 aromatic rings. The lowest BCUT2D eigenvalue weighted by Gasteiger charge is -2.46. The first-order valence-corrected chi connectivity index (χ1v) is 9.56. The summed E-state index contributed by atoms with van der Waals surface area (Å²) in [5.41, 5.74) is 5.75. The molecule has 0 saturated carbocycles. The molecule has 16 heteroatoms. The van der Waals surface area contributed by atoms with E-state index in [0.717, 1.165) is 0 Å². The second kappa shape index (κ2) is 9.41. The van der Waals surface area contributed by atoms with Crippen LogP contribution in [0.4, 0.5) is 0 Å². The quantitative estimate of drug-likeness (QED) is 0.180. The Labute approximate surface area is 164 Å². The maximum Gasteiger partial charge on any atom is 0.397 e. The monoisotopic (exact) mass is 449 g/mol. The van der Waals surface area contributed by atoms with Crippen molar-refractivity contribution in [2.75, 3.05) is 13.7 Å². The second-order valence-corrected chi connectivity index (χ2v) is 7.41. The number of aliphatic carboxylic acids is 1. The number of carbonyl (C=O) groups is 1. The summed E-state index contributed by atoms with van der Waals surface area (Å²) in [5, 5.41) is 48.9. The van der Waals surface area contributed by atoms with Crippen molar-refractivity contribution in [1.82, 2.24) is 0 Å². The van der Waals surface area contributed by atoms with E-state index in [1.54, 1.807) is 0 Å². The van der Waals surface area contributed by atoms with Crippen LogP contribution in [0.25, 0.3) is 0 Å². The van der Waals surface area contributed by atoms with Gasteiger partial charge >= 0.3 is 16.4 Å². The van der Waals surface area contributed by atoms with Crippen LogP contribution < -0.4 is 5.73 Å². The Balaban J connectivity index is 2.32. The number of aliphatic hydroxyl groups excluding tert-OH is 4. The molecule has 0 aromatic carbocycles. The van der Waals surface area contributed by atoms with Crippen LogP contribution in [0.15, 0.2) is 0 Å². The van der Waals surface area contributed by atoms with Gasteiger partial charge in [0.05, 0.1) is 12.6 Å². The highest BCUT2D eigenvalue weighted by Crippen LogP contribution is 2.30. The molecule has 170 valence electrons. The Morgan fingerprint density at radius 3 is 2.17 bits per heavy atom. The minimum atomic E-state index is -5.21. The molecule has 15 nitrogen and oxygen atoms in total. The number of nitrogens with two attached hydrogens (primary N) is 1. The molecule has 2 fully saturated rings. The number of methoxy groups -OCH3 is 1. The fraction of sp³-hybridized carbons (Fsp3) is 0.923. The van der Waals surface area contributed by atoms with Gasteiger partial charge in [-0.25, -0.2) is 8.98 Å². The van der Waals surface area contributed by atoms with Gasteiger partial charge in [0.25, 0.3) is 0 Å². The van der Waals surface area contributed by atoms with Crippen LogP contribution in [0, 0.1) is 0 Å². The van der Waals surface area contributed by atoms with Crippen molar-refractivity contribution in [3.8, 4) is 0 Å². The summed E-state index contributed by atoms with van der Waals surface area (Å²) in [5.74, 6) is -1.73. The summed E-state index contributed by atoms with van der Waals surface area (Å²) in [6.45, 7) is -0.738. The highest BCUT2D eigenvalue weighted by atomic mass is 32.3. The lowest BCUT2D eigenvalue weighted by Crippen LogP contribution is -2.67. The third kappa shape index (κ3) is 5.37. The lowest BCUT2D eigenvalue weighted by atomic mass is 9.96. The molecule has 0 aromatic heterocycles. The minimum Gasteiger partial charge on any atom is -0.479 e. The third-order valence-electron chi connectivity index (χ3n) is 4.45. The van der Waals surface area contributed by atoms with Crippen molar-refractivity contribution in [2.24, 2.45) is 5.73 Å². The summed E-state index contributed by atoms with van der Waals surface area (Å²) in [4.78, 5) is 11.2. The Kier molecular flexibility index (Phi) is 7.87. The second-order valence-electron chi connectivity index (χ2n) is 6.36. The zero-order chi connectivity index (χ0) is 22.1. The third-order valence-corrected chi connectivity index (χ3v) is 4.91. The van der Waals surface area contributed by atoms with Crippen LogP contribution in [0.5, 0.6) is 0 Å². The Morgan fingerprint density at radius 2 is 1.69 bits per heavy atom. The molecular weight excluding hydrogens is 426 g/mol. The Bertz CT molecular complexity index is 672. The lowest BCUT2D eigenvalue weighted by molar-refractivity contribution is -0.337. The molecule has 2 aliphatic rings. The highest BCUT2D eigenvalue weighted by Gasteiger charge is 2.53. The molecule has 2 aliphatic heterocycles. The summed E-state index contributed by atoms with van der Waals surface area (Å²) >= 11 is 0. The maximum absolute atomic E-state index is 11.2. The number of hydrogen-bond acceptors (Lipinski definition) is 13. The van der Waals surface area contributed by atoms with Gasteiger partial charge < -0.3 is 50.2 Å². The van der Waals surface area contributed by atoms with Crippen molar-refractivity contribution >= 4 is 16.4 Å². The molecule has 29 heavy (non-hydrogen) atoms. The number of aliphatic hydroxyl groups is 4. The average Bonchev–Trinajstić information content (AvgIpc) is 2.63. The van der Waals surface area contributed by atoms with Gasteiger partial charge in [-0.1, -0.05) is 0 Å². The van der Waals surface area contributed by atoms with E-state index in [2.05, 4.69) is 4.18 Å². The van der Waals surface area contributed by atoms with E-state index in [1.807, 2.05) is 0 Å². The molecule has 0 spiro atoms. The summed E-state index contributed by atoms with van der Waals surface area (Å²) in [7, 11) is -3.99. The fourth-order valence-electron chi connectivity index (χ4n) is 3.02. The molecule has 0 radical (unpaired) electrons. The predicted molar refractivity (Wildman–Crippen MR) is 86.3 cm³/mol. The fourth-order valence-corrected chi connectivity index (χ4v) is 3.50. The van der Waals surface area contributed by atoms with Gasteiger partial charge in [0, 0.05) is 7.11 Å². The SMILES string of the molecule is CO[C@H]1O[C@H](CO)[C@@H](O[C@@H]2O[C@@H](C(=O)O)[C@@H](O)[C@H](O)[C@H]2OS(=O)(=O)O)[C@H](O)[C@H]1N. The Morgan fingerprint density at radius 1 is 1.07 bits per heavy atom. The van der Waals surface area contributed by atoms with E-state index in [4.69, 9.17) is 34.3 Å². The molecule has 0 unspecified atom stereocenters. The van der Waals surface area contributed by atoms with Crippen molar-refractivity contribution in [3.05, 3.63) is 0 Å². The number of ether oxygens (including phenoxy) is 4. The summed E-state index contributed by atoms with van der Waals surface area (Å²) in [6.07, 6.45) is -16.2. The van der Waals surface area contributed by atoms with Crippen LogP contribution in [-0.4, -0.2) is 120 Å². The molecule has 0 bridgehead atoms. The van der Waals surface area contributed by atoms with E-state index in [0.29, 0.717) is 0 Å². The van der Waals surface area contributed by atoms with Gasteiger partial charge in [-0.3, -0.25) is 4.55 Å². The van der Waals surface area contributed by atoms with Crippen molar-refractivity contribution in [1.29, 1.82) is 0 Å². The van der Waals surface area contributed by atoms with Crippen molar-refractivity contribution in [3.63, 3.8) is 0 Å². The predicted octanol–water partition coefficient (Wildman–Crippen LogP) is -4.86. The molecule has 2 rings (SSSR count). The first-order chi connectivity index (χ1) is 13.4. The highest BCUT2D eigenvalue weighted by molar-refractivity contribution is 7.80. The van der Waals surface area contributed by atoms with Gasteiger partial charge in [0.1, 0.15) is 30.5 Å². The van der Waals surface area contributed by atoms with Crippen molar-refractivity contribution in [2.45, 2.75) is 61.3 Å². The summed E-state index contributed by atoms with van der Waals surface area (Å²) in [6, 6.07) is -1.21. The zero-order valence-corrected chi connectivity index (χ0v) is 15.7. The van der Waals surface area contributed by atoms with E-state index in [-0.39, 0.29) is 0 Å². The van der Waals surface area contributed by atoms with E-state index < -0.39 is 84.3 Å². The molecule has 10 atom stereocenters. The van der Waals surface area contributed by atoms with Gasteiger partial charge in [-0.2, -0.15) is 8.42 Å². The van der Waals surface area contributed by atoms with E-state index >= 15 is 0 Å². The number of carboxylic acid groups (broad SMARTS) is 1. The van der Waals surface area contributed by atoms with Crippen LogP contribution in [-0.2, 0) is 38.3 Å². The number of carboxylic acids is 1. The summed E-state index contributed by atoms with van der Waals surface area (Å²) < 4.78 is 55.9. The van der Waals surface area contributed by atoms with Gasteiger partial charge in [-0.15, -0.1) is 0 Å². The van der Waals surface area contributed by atoms with Gasteiger partial charge in [0.2, 0.25) is 0 Å². The molecule has 2 saturated heterocycles. The average molecular weight is 449 g/mol. The molecular formula is C13H23NO14S. The largest absolute Gasteiger partial charge is 0.479 e. The van der Waals surface area contributed by atoms with Crippen LogP contribution in [0.1, 0.15) is 0 Å². The van der Waals surface area contributed by atoms with Gasteiger partial charge in [-0.05, 0) is 0 Å². The van der Waals surface area contributed by atoms with Crippen LogP contribution >= 0.6 is 0 Å².